The minimum atomic E-state index is -0.481. The van der Waals surface area contributed by atoms with Crippen molar-refractivity contribution in [3.63, 3.8) is 0 Å². The number of ketones is 1. The number of nitrogens with zero attached hydrogens (tertiary/aromatic N) is 2. The molecule has 5 nitrogen and oxygen atoms in total. The van der Waals surface area contributed by atoms with Crippen LogP contribution in [0, 0.1) is 16.0 Å². The lowest BCUT2D eigenvalue weighted by molar-refractivity contribution is -0.385. The van der Waals surface area contributed by atoms with Crippen molar-refractivity contribution in [1.82, 2.24) is 0 Å². The molecule has 102 valence electrons. The lowest BCUT2D eigenvalue weighted by Crippen LogP contribution is -2.25. The van der Waals surface area contributed by atoms with E-state index in [0.717, 1.165) is 18.8 Å². The zero-order valence-corrected chi connectivity index (χ0v) is 11.3. The van der Waals surface area contributed by atoms with Crippen molar-refractivity contribution in [2.75, 3.05) is 18.0 Å². The van der Waals surface area contributed by atoms with E-state index >= 15 is 0 Å². The van der Waals surface area contributed by atoms with Crippen molar-refractivity contribution in [2.45, 2.75) is 26.7 Å². The van der Waals surface area contributed by atoms with Gasteiger partial charge in [0.1, 0.15) is 0 Å². The highest BCUT2D eigenvalue weighted by Crippen LogP contribution is 2.33. The third kappa shape index (κ3) is 3.10. The Morgan fingerprint density at radius 2 is 2.16 bits per heavy atom. The van der Waals surface area contributed by atoms with E-state index in [9.17, 15) is 14.9 Å². The van der Waals surface area contributed by atoms with Crippen LogP contribution in [0.25, 0.3) is 0 Å². The van der Waals surface area contributed by atoms with Crippen LogP contribution in [0.4, 0.5) is 11.4 Å². The summed E-state index contributed by atoms with van der Waals surface area (Å²) in [5, 5.41) is 11.1. The van der Waals surface area contributed by atoms with Crippen LogP contribution in [0.5, 0.6) is 0 Å². The minimum Gasteiger partial charge on any atom is -0.371 e. The zero-order valence-electron chi connectivity index (χ0n) is 11.3. The Hall–Kier alpha value is -1.91. The number of nitro groups is 1. The van der Waals surface area contributed by atoms with Gasteiger partial charge in [0.15, 0.2) is 5.78 Å². The van der Waals surface area contributed by atoms with E-state index in [0.29, 0.717) is 5.92 Å². The van der Waals surface area contributed by atoms with Gasteiger partial charge in [-0.1, -0.05) is 0 Å². The number of carbonyl (C=O) groups excluding carboxylic acids is 1. The smallest absolute Gasteiger partial charge is 0.282 e. The van der Waals surface area contributed by atoms with Gasteiger partial charge >= 0.3 is 0 Å². The molecule has 0 aromatic heterocycles. The normalized spacial score (nSPS) is 14.2. The molecule has 2 rings (SSSR count). The van der Waals surface area contributed by atoms with Crippen LogP contribution < -0.4 is 4.90 Å². The first kappa shape index (κ1) is 13.5. The van der Waals surface area contributed by atoms with Gasteiger partial charge in [0.2, 0.25) is 0 Å². The third-order valence-electron chi connectivity index (χ3n) is 3.48. The number of carbonyl (C=O) groups is 1. The van der Waals surface area contributed by atoms with Crippen LogP contribution in [0.15, 0.2) is 18.2 Å². The predicted molar refractivity (Wildman–Crippen MR) is 73.7 cm³/mol. The fourth-order valence-electron chi connectivity index (χ4n) is 2.19. The molecule has 1 aliphatic rings. The molecule has 0 unspecified atom stereocenters. The van der Waals surface area contributed by atoms with Gasteiger partial charge in [0.05, 0.1) is 10.5 Å². The molecule has 5 heteroatoms. The minimum absolute atomic E-state index is 0.0979. The number of hydrogen-bond donors (Lipinski definition) is 0. The van der Waals surface area contributed by atoms with Gasteiger partial charge in [-0.05, 0) is 44.7 Å². The number of rotatable bonds is 6. The average Bonchev–Trinajstić information content (AvgIpc) is 3.19. The third-order valence-corrected chi connectivity index (χ3v) is 3.48. The van der Waals surface area contributed by atoms with Crippen molar-refractivity contribution >= 4 is 17.2 Å². The first-order chi connectivity index (χ1) is 9.02. The second-order valence-electron chi connectivity index (χ2n) is 5.00. The Morgan fingerprint density at radius 1 is 1.47 bits per heavy atom. The van der Waals surface area contributed by atoms with Gasteiger partial charge in [-0.2, -0.15) is 0 Å². The van der Waals surface area contributed by atoms with Gasteiger partial charge in [-0.15, -0.1) is 0 Å². The van der Waals surface area contributed by atoms with Crippen molar-refractivity contribution in [1.29, 1.82) is 0 Å². The Labute approximate surface area is 112 Å². The second kappa shape index (κ2) is 5.38. The molecule has 1 fully saturated rings. The maximum atomic E-state index is 11.4. The predicted octanol–water partition coefficient (Wildman–Crippen LogP) is 3.03. The summed E-state index contributed by atoms with van der Waals surface area (Å²) in [5.41, 5.74) is 0.904. The summed E-state index contributed by atoms with van der Waals surface area (Å²) >= 11 is 0. The van der Waals surface area contributed by atoms with E-state index in [2.05, 4.69) is 4.90 Å². The molecule has 0 bridgehead atoms. The number of nitro benzene ring substituents is 1. The topological polar surface area (TPSA) is 63.5 Å². The molecular weight excluding hydrogens is 244 g/mol. The summed E-state index contributed by atoms with van der Waals surface area (Å²) in [6, 6.07) is 4.88. The molecule has 0 heterocycles. The number of Topliss-reactive ketones (excluding diaryl/α,β-unsaturated/α-hetero) is 1. The van der Waals surface area contributed by atoms with Crippen LogP contribution in [0.1, 0.15) is 37.0 Å². The summed E-state index contributed by atoms with van der Waals surface area (Å²) in [5.74, 6) is 0.440. The lowest BCUT2D eigenvalue weighted by atomic mass is 10.1. The van der Waals surface area contributed by atoms with Gasteiger partial charge in [0.25, 0.3) is 5.69 Å². The molecule has 1 saturated carbocycles. The number of benzene rings is 1. The first-order valence-corrected chi connectivity index (χ1v) is 6.57. The summed E-state index contributed by atoms with van der Waals surface area (Å²) in [6.45, 7) is 5.14. The molecule has 0 aliphatic heterocycles. The molecule has 0 saturated heterocycles. The van der Waals surface area contributed by atoms with Crippen LogP contribution in [-0.2, 0) is 0 Å². The van der Waals surface area contributed by atoms with Crippen molar-refractivity contribution < 1.29 is 9.72 Å². The fourth-order valence-corrected chi connectivity index (χ4v) is 2.19. The number of hydrogen-bond acceptors (Lipinski definition) is 4. The Morgan fingerprint density at radius 3 is 2.63 bits per heavy atom. The van der Waals surface area contributed by atoms with E-state index in [4.69, 9.17) is 0 Å². The molecule has 0 radical (unpaired) electrons. The van der Waals surface area contributed by atoms with E-state index in [1.807, 2.05) is 6.92 Å². The molecule has 0 atom stereocenters. The first-order valence-electron chi connectivity index (χ1n) is 6.57. The van der Waals surface area contributed by atoms with E-state index in [-0.39, 0.29) is 17.0 Å². The van der Waals surface area contributed by atoms with Gasteiger partial charge in [-0.3, -0.25) is 14.9 Å². The monoisotopic (exact) mass is 262 g/mol. The highest BCUT2D eigenvalue weighted by molar-refractivity contribution is 5.98. The summed E-state index contributed by atoms with van der Waals surface area (Å²) in [4.78, 5) is 24.1. The summed E-state index contributed by atoms with van der Waals surface area (Å²) in [7, 11) is 0. The van der Waals surface area contributed by atoms with Crippen LogP contribution >= 0.6 is 0 Å². The van der Waals surface area contributed by atoms with Crippen molar-refractivity contribution in [3.8, 4) is 0 Å². The molecule has 19 heavy (non-hydrogen) atoms. The molecule has 1 aromatic rings. The SMILES string of the molecule is CCN(CC1CC1)c1ccc(C(C)=O)c([N+](=O)[O-])c1. The molecule has 0 amide bonds. The molecular formula is C14H18N2O3. The maximum absolute atomic E-state index is 11.4. The van der Waals surface area contributed by atoms with Crippen molar-refractivity contribution in [2.24, 2.45) is 5.92 Å². The second-order valence-corrected chi connectivity index (χ2v) is 5.00. The van der Waals surface area contributed by atoms with Crippen LogP contribution in [-0.4, -0.2) is 23.8 Å². The molecule has 1 aromatic carbocycles. The van der Waals surface area contributed by atoms with Gasteiger partial charge in [0, 0.05) is 24.8 Å². The van der Waals surface area contributed by atoms with E-state index in [1.165, 1.54) is 25.8 Å². The summed E-state index contributed by atoms with van der Waals surface area (Å²) < 4.78 is 0. The molecule has 0 N–H and O–H groups in total. The van der Waals surface area contributed by atoms with Crippen LogP contribution in [0.2, 0.25) is 0 Å². The Kier molecular flexibility index (Phi) is 3.83. The fraction of sp³-hybridized carbons (Fsp3) is 0.500. The zero-order chi connectivity index (χ0) is 14.0. The average molecular weight is 262 g/mol. The van der Waals surface area contributed by atoms with Gasteiger partial charge in [-0.25, -0.2) is 0 Å². The molecule has 1 aliphatic carbocycles. The maximum Gasteiger partial charge on any atom is 0.282 e. The van der Waals surface area contributed by atoms with E-state index in [1.54, 1.807) is 12.1 Å². The molecule has 0 spiro atoms. The standard InChI is InChI=1S/C14H18N2O3/c1-3-15(9-11-4-5-11)12-6-7-13(10(2)17)14(8-12)16(18)19/h6-8,11H,3-5,9H2,1-2H3. The van der Waals surface area contributed by atoms with E-state index < -0.39 is 4.92 Å². The number of anilines is 1. The Balaban J connectivity index is 2.32. The highest BCUT2D eigenvalue weighted by Gasteiger charge is 2.25. The van der Waals surface area contributed by atoms with Gasteiger partial charge < -0.3 is 4.90 Å². The largest absolute Gasteiger partial charge is 0.371 e. The van der Waals surface area contributed by atoms with Crippen LogP contribution in [0.3, 0.4) is 0 Å². The van der Waals surface area contributed by atoms with Crippen molar-refractivity contribution in [3.05, 3.63) is 33.9 Å². The highest BCUT2D eigenvalue weighted by atomic mass is 16.6. The lowest BCUT2D eigenvalue weighted by Gasteiger charge is -2.23. The Bertz CT molecular complexity index is 509. The summed E-state index contributed by atoms with van der Waals surface area (Å²) in [6.07, 6.45) is 2.48. The quantitative estimate of drug-likeness (QED) is 0.449.